The van der Waals surface area contributed by atoms with Gasteiger partial charge < -0.3 is 19.1 Å². The number of fused-ring (bicyclic) bond motifs is 1. The normalized spacial score (nSPS) is 12.8. The molecule has 0 saturated carbocycles. The standard InChI is InChI=1S/C17H14F3NO4/c1-21(9-11-2-5-13(6-3-11)25-17(18,19)20)16(22)12-4-7-14-15(8-12)24-10-23-14/h2-8H,9-10H2,1H3. The topological polar surface area (TPSA) is 48.0 Å². The number of amides is 1. The molecule has 0 saturated heterocycles. The molecule has 0 unspecified atom stereocenters. The van der Waals surface area contributed by atoms with Crippen LogP contribution in [0.15, 0.2) is 42.5 Å². The first-order chi connectivity index (χ1) is 11.8. The van der Waals surface area contributed by atoms with Gasteiger partial charge in [-0.3, -0.25) is 4.79 Å². The van der Waals surface area contributed by atoms with Crippen LogP contribution < -0.4 is 14.2 Å². The Balaban J connectivity index is 1.65. The average Bonchev–Trinajstić information content (AvgIpc) is 3.02. The summed E-state index contributed by atoms with van der Waals surface area (Å²) in [7, 11) is 1.60. The Morgan fingerprint density at radius 1 is 1.12 bits per heavy atom. The van der Waals surface area contributed by atoms with E-state index in [4.69, 9.17) is 9.47 Å². The van der Waals surface area contributed by atoms with Gasteiger partial charge in [0, 0.05) is 19.2 Å². The number of alkyl halides is 3. The monoisotopic (exact) mass is 353 g/mol. The molecule has 2 aromatic rings. The van der Waals surface area contributed by atoms with Crippen LogP contribution in [0.2, 0.25) is 0 Å². The van der Waals surface area contributed by atoms with E-state index < -0.39 is 6.36 Å². The summed E-state index contributed by atoms with van der Waals surface area (Å²) in [6.07, 6.45) is -4.73. The second-order valence-corrected chi connectivity index (χ2v) is 5.42. The summed E-state index contributed by atoms with van der Waals surface area (Å²) in [5.74, 6) is 0.544. The van der Waals surface area contributed by atoms with Crippen LogP contribution in [0.4, 0.5) is 13.2 Å². The third kappa shape index (κ3) is 4.14. The highest BCUT2D eigenvalue weighted by molar-refractivity contribution is 5.94. The number of hydrogen-bond acceptors (Lipinski definition) is 4. The fourth-order valence-electron chi connectivity index (χ4n) is 2.39. The van der Waals surface area contributed by atoms with E-state index in [1.54, 1.807) is 25.2 Å². The van der Waals surface area contributed by atoms with Crippen molar-refractivity contribution in [1.82, 2.24) is 4.90 Å². The molecule has 3 rings (SSSR count). The minimum atomic E-state index is -4.73. The zero-order chi connectivity index (χ0) is 18.0. The van der Waals surface area contributed by atoms with Gasteiger partial charge in [0.15, 0.2) is 11.5 Å². The van der Waals surface area contributed by atoms with Crippen LogP contribution in [0.5, 0.6) is 17.2 Å². The van der Waals surface area contributed by atoms with Gasteiger partial charge in [-0.1, -0.05) is 12.1 Å². The van der Waals surface area contributed by atoms with Crippen LogP contribution >= 0.6 is 0 Å². The van der Waals surface area contributed by atoms with E-state index in [9.17, 15) is 18.0 Å². The number of benzene rings is 2. The molecule has 2 aromatic carbocycles. The summed E-state index contributed by atoms with van der Waals surface area (Å²) in [5, 5.41) is 0. The summed E-state index contributed by atoms with van der Waals surface area (Å²) >= 11 is 0. The molecule has 8 heteroatoms. The van der Waals surface area contributed by atoms with Gasteiger partial charge in [-0.25, -0.2) is 0 Å². The Bertz CT molecular complexity index is 774. The van der Waals surface area contributed by atoms with Crippen molar-refractivity contribution in [1.29, 1.82) is 0 Å². The lowest BCUT2D eigenvalue weighted by Gasteiger charge is -2.18. The zero-order valence-corrected chi connectivity index (χ0v) is 13.2. The predicted octanol–water partition coefficient (Wildman–Crippen LogP) is 3.59. The van der Waals surface area contributed by atoms with Crippen LogP contribution in [0, 0.1) is 0 Å². The van der Waals surface area contributed by atoms with Gasteiger partial charge in [0.2, 0.25) is 6.79 Å². The summed E-state index contributed by atoms with van der Waals surface area (Å²) < 4.78 is 50.7. The maximum atomic E-state index is 12.5. The first-order valence-corrected chi connectivity index (χ1v) is 7.31. The van der Waals surface area contributed by atoms with Crippen molar-refractivity contribution in [2.24, 2.45) is 0 Å². The number of carbonyl (C=O) groups excluding carboxylic acids is 1. The van der Waals surface area contributed by atoms with Gasteiger partial charge in [0.25, 0.3) is 5.91 Å². The van der Waals surface area contributed by atoms with E-state index in [1.165, 1.54) is 29.2 Å². The van der Waals surface area contributed by atoms with E-state index in [-0.39, 0.29) is 25.0 Å². The molecule has 5 nitrogen and oxygen atoms in total. The fraction of sp³-hybridized carbons (Fsp3) is 0.235. The molecule has 0 aromatic heterocycles. The van der Waals surface area contributed by atoms with Gasteiger partial charge in [0.1, 0.15) is 5.75 Å². The molecule has 0 fully saturated rings. The Hall–Kier alpha value is -2.90. The molecule has 0 bridgehead atoms. The average molecular weight is 353 g/mol. The summed E-state index contributed by atoms with van der Waals surface area (Å²) in [5.41, 5.74) is 1.11. The van der Waals surface area contributed by atoms with Crippen molar-refractivity contribution in [3.63, 3.8) is 0 Å². The lowest BCUT2D eigenvalue weighted by atomic mass is 10.1. The van der Waals surface area contributed by atoms with E-state index in [1.807, 2.05) is 0 Å². The molecule has 0 spiro atoms. The second kappa shape index (κ2) is 6.54. The smallest absolute Gasteiger partial charge is 0.454 e. The van der Waals surface area contributed by atoms with Gasteiger partial charge >= 0.3 is 6.36 Å². The fourth-order valence-corrected chi connectivity index (χ4v) is 2.39. The van der Waals surface area contributed by atoms with Gasteiger partial charge in [-0.05, 0) is 35.9 Å². The molecule has 1 amide bonds. The van der Waals surface area contributed by atoms with Crippen LogP contribution in [0.25, 0.3) is 0 Å². The lowest BCUT2D eigenvalue weighted by Crippen LogP contribution is -2.26. The maximum absolute atomic E-state index is 12.5. The highest BCUT2D eigenvalue weighted by Gasteiger charge is 2.31. The molecule has 0 radical (unpaired) electrons. The van der Waals surface area contributed by atoms with Crippen LogP contribution in [-0.2, 0) is 6.54 Å². The van der Waals surface area contributed by atoms with E-state index in [0.29, 0.717) is 22.6 Å². The molecule has 132 valence electrons. The van der Waals surface area contributed by atoms with Gasteiger partial charge in [-0.2, -0.15) is 0 Å². The van der Waals surface area contributed by atoms with Gasteiger partial charge in [-0.15, -0.1) is 13.2 Å². The molecule has 0 N–H and O–H groups in total. The molecule has 0 aliphatic carbocycles. The zero-order valence-electron chi connectivity index (χ0n) is 13.2. The summed E-state index contributed by atoms with van der Waals surface area (Å²) in [6.45, 7) is 0.356. The highest BCUT2D eigenvalue weighted by atomic mass is 19.4. The quantitative estimate of drug-likeness (QED) is 0.843. The largest absolute Gasteiger partial charge is 0.573 e. The number of rotatable bonds is 4. The van der Waals surface area contributed by atoms with E-state index in [2.05, 4.69) is 4.74 Å². The van der Waals surface area contributed by atoms with Crippen molar-refractivity contribution in [3.8, 4) is 17.2 Å². The third-order valence-corrected chi connectivity index (χ3v) is 3.54. The maximum Gasteiger partial charge on any atom is 0.573 e. The first kappa shape index (κ1) is 16.9. The van der Waals surface area contributed by atoms with Gasteiger partial charge in [0.05, 0.1) is 0 Å². The number of hydrogen-bond donors (Lipinski definition) is 0. The molecule has 1 aliphatic rings. The van der Waals surface area contributed by atoms with Crippen molar-refractivity contribution in [2.45, 2.75) is 12.9 Å². The molecule has 25 heavy (non-hydrogen) atoms. The molecule has 1 aliphatic heterocycles. The number of nitrogens with zero attached hydrogens (tertiary/aromatic N) is 1. The Kier molecular flexibility index (Phi) is 4.43. The van der Waals surface area contributed by atoms with Crippen molar-refractivity contribution in [3.05, 3.63) is 53.6 Å². The Morgan fingerprint density at radius 3 is 2.48 bits per heavy atom. The number of halogens is 3. The molecular weight excluding hydrogens is 339 g/mol. The summed E-state index contributed by atoms with van der Waals surface area (Å²) in [4.78, 5) is 13.9. The van der Waals surface area contributed by atoms with Crippen molar-refractivity contribution in [2.75, 3.05) is 13.8 Å². The van der Waals surface area contributed by atoms with E-state index in [0.717, 1.165) is 0 Å². The number of ether oxygens (including phenoxy) is 3. The van der Waals surface area contributed by atoms with Crippen LogP contribution in [0.3, 0.4) is 0 Å². The van der Waals surface area contributed by atoms with Crippen molar-refractivity contribution < 1.29 is 32.2 Å². The van der Waals surface area contributed by atoms with Crippen molar-refractivity contribution >= 4 is 5.91 Å². The highest BCUT2D eigenvalue weighted by Crippen LogP contribution is 2.32. The lowest BCUT2D eigenvalue weighted by molar-refractivity contribution is -0.274. The SMILES string of the molecule is CN(Cc1ccc(OC(F)(F)F)cc1)C(=O)c1ccc2c(c1)OCO2. The third-order valence-electron chi connectivity index (χ3n) is 3.54. The minimum absolute atomic E-state index is 0.120. The Labute approximate surface area is 141 Å². The molecule has 0 atom stereocenters. The number of carbonyl (C=O) groups is 1. The van der Waals surface area contributed by atoms with Crippen LogP contribution in [0.1, 0.15) is 15.9 Å². The summed E-state index contributed by atoms with van der Waals surface area (Å²) in [6, 6.07) is 10.3. The van der Waals surface area contributed by atoms with E-state index >= 15 is 0 Å². The first-order valence-electron chi connectivity index (χ1n) is 7.31. The Morgan fingerprint density at radius 2 is 1.80 bits per heavy atom. The molecule has 1 heterocycles. The second-order valence-electron chi connectivity index (χ2n) is 5.42. The predicted molar refractivity (Wildman–Crippen MR) is 81.5 cm³/mol. The molecular formula is C17H14F3NO4. The van der Waals surface area contributed by atoms with Crippen LogP contribution in [-0.4, -0.2) is 31.0 Å². The minimum Gasteiger partial charge on any atom is -0.454 e.